The van der Waals surface area contributed by atoms with E-state index < -0.39 is 5.54 Å². The standard InChI is InChI=1S/C55H50N8O3/c1-55-28-26-48(63-55)53(37-8-16-41(65-2)17-9-37)47-23-22-44(61-47)51(35-4-12-39(56)13-5-35)43-20-21-45(60-43)52(46-24-25-49(62-46)54(55)38-6-14-40(57)15-7-38)36-10-18-42(19-11-36)66-31-3-29-59-50(64)32-34-27-30-58-33-34/h4-28,30,33,58,61-63H,3,29,31-32,56-57H2,1-2H3,(H,59,64)/b51-43-,52-46-,53-48-,54-49-/t55-/m0/s1. The van der Waals surface area contributed by atoms with E-state index >= 15 is 0 Å². The lowest BCUT2D eigenvalue weighted by molar-refractivity contribution is -0.120. The molecule has 0 radical (unpaired) electrons. The number of carbonyl (C=O) groups excluding carboxylic acids is 1. The van der Waals surface area contributed by atoms with Gasteiger partial charge in [0.15, 0.2) is 0 Å². The Kier molecular flexibility index (Phi) is 11.1. The predicted octanol–water partition coefficient (Wildman–Crippen LogP) is 7.53. The number of benzene rings is 4. The zero-order valence-electron chi connectivity index (χ0n) is 36.7. The second kappa shape index (κ2) is 17.6. The van der Waals surface area contributed by atoms with Gasteiger partial charge in [0, 0.05) is 80.4 Å². The Morgan fingerprint density at radius 3 is 2.02 bits per heavy atom. The minimum absolute atomic E-state index is 0.0125. The highest BCUT2D eigenvalue weighted by atomic mass is 16.5. The summed E-state index contributed by atoms with van der Waals surface area (Å²) in [7, 11) is 1.68. The van der Waals surface area contributed by atoms with E-state index in [-0.39, 0.29) is 5.91 Å². The fraction of sp³-hybridized carbons (Fsp3) is 0.127. The number of nitrogens with one attached hydrogen (secondary N) is 5. The van der Waals surface area contributed by atoms with Crippen LogP contribution in [0.5, 0.6) is 11.5 Å². The van der Waals surface area contributed by atoms with Gasteiger partial charge in [0.1, 0.15) is 11.5 Å². The van der Waals surface area contributed by atoms with E-state index in [4.69, 9.17) is 25.9 Å². The molecule has 1 amide bonds. The third-order valence-electron chi connectivity index (χ3n) is 12.2. The number of aromatic nitrogens is 3. The van der Waals surface area contributed by atoms with Gasteiger partial charge in [0.05, 0.1) is 37.1 Å². The Bertz CT molecular complexity index is 3220. The minimum atomic E-state index is -0.658. The molecule has 0 saturated carbocycles. The van der Waals surface area contributed by atoms with Gasteiger partial charge in [-0.25, -0.2) is 4.99 Å². The summed E-state index contributed by atoms with van der Waals surface area (Å²) in [6.07, 6.45) is 13.3. The molecule has 9 N–H and O–H groups in total. The third-order valence-corrected chi connectivity index (χ3v) is 12.2. The number of ether oxygens (including phenoxy) is 2. The first-order valence-electron chi connectivity index (χ1n) is 22.1. The van der Waals surface area contributed by atoms with Crippen molar-refractivity contribution in [2.45, 2.75) is 25.3 Å². The van der Waals surface area contributed by atoms with Gasteiger partial charge < -0.3 is 46.5 Å². The molecule has 0 spiro atoms. The van der Waals surface area contributed by atoms with E-state index in [1.165, 1.54) is 0 Å². The molecule has 3 aliphatic rings. The summed E-state index contributed by atoms with van der Waals surface area (Å²) in [6.45, 7) is 3.19. The number of hydrogen-bond acceptors (Lipinski definition) is 7. The highest BCUT2D eigenvalue weighted by molar-refractivity contribution is 6.30. The molecule has 3 aromatic heterocycles. The van der Waals surface area contributed by atoms with Crippen LogP contribution in [0.3, 0.4) is 0 Å². The molecule has 66 heavy (non-hydrogen) atoms. The molecule has 10 rings (SSSR count). The summed E-state index contributed by atoms with van der Waals surface area (Å²) in [4.78, 5) is 28.5. The van der Waals surface area contributed by atoms with Crippen molar-refractivity contribution in [3.8, 4) is 11.5 Å². The molecule has 0 aliphatic carbocycles. The van der Waals surface area contributed by atoms with Crippen molar-refractivity contribution in [3.05, 3.63) is 225 Å². The number of aromatic amines is 3. The normalized spacial score (nSPS) is 20.2. The van der Waals surface area contributed by atoms with Crippen LogP contribution in [0, 0.1) is 0 Å². The van der Waals surface area contributed by atoms with E-state index in [0.717, 1.165) is 101 Å². The maximum absolute atomic E-state index is 12.4. The summed E-state index contributed by atoms with van der Waals surface area (Å²) >= 11 is 0. The number of carbonyl (C=O) groups is 1. The van der Waals surface area contributed by atoms with E-state index in [9.17, 15) is 4.79 Å². The van der Waals surface area contributed by atoms with E-state index in [2.05, 4.69) is 117 Å². The zero-order chi connectivity index (χ0) is 45.2. The van der Waals surface area contributed by atoms with Crippen molar-refractivity contribution in [3.63, 3.8) is 0 Å². The van der Waals surface area contributed by atoms with Crippen LogP contribution in [0.1, 0.15) is 52.5 Å². The van der Waals surface area contributed by atoms with Crippen molar-refractivity contribution >= 4 is 45.3 Å². The van der Waals surface area contributed by atoms with Crippen molar-refractivity contribution < 1.29 is 14.3 Å². The second-order valence-corrected chi connectivity index (χ2v) is 16.8. The van der Waals surface area contributed by atoms with Gasteiger partial charge in [0.2, 0.25) is 5.91 Å². The Morgan fingerprint density at radius 1 is 0.682 bits per heavy atom. The van der Waals surface area contributed by atoms with Crippen molar-refractivity contribution in [1.82, 2.24) is 25.6 Å². The molecule has 3 aliphatic heterocycles. The molecule has 7 aromatic rings. The van der Waals surface area contributed by atoms with E-state index in [1.54, 1.807) is 7.11 Å². The van der Waals surface area contributed by atoms with Gasteiger partial charge in [-0.15, -0.1) is 0 Å². The Hall–Kier alpha value is -8.44. The van der Waals surface area contributed by atoms with Crippen LogP contribution in [0.2, 0.25) is 0 Å². The fourth-order valence-electron chi connectivity index (χ4n) is 8.97. The lowest BCUT2D eigenvalue weighted by Crippen LogP contribution is -2.41. The molecule has 11 nitrogen and oxygen atoms in total. The highest BCUT2D eigenvalue weighted by Crippen LogP contribution is 2.39. The van der Waals surface area contributed by atoms with Crippen molar-refractivity contribution in [2.24, 2.45) is 4.99 Å². The number of hydrogen-bond donors (Lipinski definition) is 7. The van der Waals surface area contributed by atoms with Gasteiger partial charge in [-0.1, -0.05) is 54.6 Å². The molecule has 4 aromatic carbocycles. The molecule has 328 valence electrons. The van der Waals surface area contributed by atoms with Crippen LogP contribution in [0.15, 0.2) is 180 Å². The lowest BCUT2D eigenvalue weighted by atomic mass is 9.87. The quantitative estimate of drug-likeness (QED) is 0.0495. The average Bonchev–Trinajstić information content (AvgIpc) is 4.20. The minimum Gasteiger partial charge on any atom is -0.497 e. The van der Waals surface area contributed by atoms with Gasteiger partial charge in [-0.2, -0.15) is 0 Å². The number of fused-ring (bicyclic) bond motifs is 7. The number of H-pyrrole nitrogens is 3. The summed E-state index contributed by atoms with van der Waals surface area (Å²) in [5.74, 6) is 1.50. The molecule has 0 fully saturated rings. The molecular formula is C55H50N8O3. The summed E-state index contributed by atoms with van der Waals surface area (Å²) in [5.41, 5.74) is 26.4. The first kappa shape index (κ1) is 41.6. The highest BCUT2D eigenvalue weighted by Gasteiger charge is 2.34. The Balaban J connectivity index is 1.11. The molecule has 0 unspecified atom stereocenters. The number of nitrogens with two attached hydrogens (primary N) is 2. The number of rotatable bonds is 12. The topological polar surface area (TPSA) is 171 Å². The largest absolute Gasteiger partial charge is 0.497 e. The molecule has 8 bridgehead atoms. The Labute approximate surface area is 382 Å². The summed E-state index contributed by atoms with van der Waals surface area (Å²) < 4.78 is 11.7. The van der Waals surface area contributed by atoms with Crippen LogP contribution in [0.25, 0.3) is 22.3 Å². The molecule has 0 saturated heterocycles. The van der Waals surface area contributed by atoms with Crippen molar-refractivity contribution in [1.29, 1.82) is 0 Å². The molecular weight excluding hydrogens is 821 g/mol. The SMILES string of the molecule is COc1ccc(/C2=C3\C=C[C@](C)(N3)/C(c3ccc(N)cc3)=c3/cc/c([nH]3)=C(\c3ccc(OCCCNC(=O)Cc4cc[nH]c4)cc3)C3=N/C(=C(/c4ccc(N)cc4)c4ccc2[nH]4)C=C3)cc1. The third kappa shape index (κ3) is 8.37. The Morgan fingerprint density at radius 2 is 1.32 bits per heavy atom. The summed E-state index contributed by atoms with van der Waals surface area (Å²) in [6, 6.07) is 42.7. The van der Waals surface area contributed by atoms with Crippen LogP contribution in [-0.4, -0.2) is 52.4 Å². The number of methoxy groups -OCH3 is 1. The first-order chi connectivity index (χ1) is 32.2. The monoisotopic (exact) mass is 870 g/mol. The molecule has 1 atom stereocenters. The van der Waals surface area contributed by atoms with E-state index in [0.29, 0.717) is 37.4 Å². The number of aliphatic imine (C=N–C) groups is 1. The maximum Gasteiger partial charge on any atom is 0.224 e. The number of allylic oxidation sites excluding steroid dienone is 3. The van der Waals surface area contributed by atoms with Crippen LogP contribution < -0.4 is 42.3 Å². The van der Waals surface area contributed by atoms with Gasteiger partial charge in [0.25, 0.3) is 0 Å². The predicted molar refractivity (Wildman–Crippen MR) is 264 cm³/mol. The van der Waals surface area contributed by atoms with Crippen LogP contribution >= 0.6 is 0 Å². The van der Waals surface area contributed by atoms with Gasteiger partial charge in [-0.05, 0) is 138 Å². The number of nitrogen functional groups attached to an aromatic ring is 2. The second-order valence-electron chi connectivity index (χ2n) is 16.8. The first-order valence-corrected chi connectivity index (χ1v) is 22.1. The maximum atomic E-state index is 12.4. The fourth-order valence-corrected chi connectivity index (χ4v) is 8.97. The number of anilines is 2. The smallest absolute Gasteiger partial charge is 0.224 e. The van der Waals surface area contributed by atoms with Gasteiger partial charge in [-0.3, -0.25) is 4.79 Å². The van der Waals surface area contributed by atoms with Crippen molar-refractivity contribution in [2.75, 3.05) is 31.7 Å². The molecule has 11 heteroatoms. The average molecular weight is 871 g/mol. The van der Waals surface area contributed by atoms with E-state index in [1.807, 2.05) is 79.1 Å². The zero-order valence-corrected chi connectivity index (χ0v) is 36.7. The van der Waals surface area contributed by atoms with Crippen LogP contribution in [0.4, 0.5) is 11.4 Å². The summed E-state index contributed by atoms with van der Waals surface area (Å²) in [5, 5.41) is 8.80. The molecule has 6 heterocycles. The number of amides is 1. The lowest BCUT2D eigenvalue weighted by Gasteiger charge is -2.29. The van der Waals surface area contributed by atoms with Crippen LogP contribution in [-0.2, 0) is 11.2 Å². The van der Waals surface area contributed by atoms with Gasteiger partial charge >= 0.3 is 0 Å². The number of nitrogens with zero attached hydrogens (tertiary/aromatic N) is 1.